The molecule has 0 spiro atoms. The molecular formula is C60H44N4Si2. The van der Waals surface area contributed by atoms with Gasteiger partial charge in [-0.3, -0.25) is 0 Å². The smallest absolute Gasteiger partial charge is 0.160 e. The molecule has 0 bridgehead atoms. The van der Waals surface area contributed by atoms with Gasteiger partial charge < -0.3 is 0 Å². The van der Waals surface area contributed by atoms with Crippen molar-refractivity contribution in [2.24, 2.45) is 0 Å². The summed E-state index contributed by atoms with van der Waals surface area (Å²) in [5.41, 5.74) is 13.6. The van der Waals surface area contributed by atoms with Gasteiger partial charge in [-0.1, -0.05) is 208 Å². The zero-order valence-electron chi connectivity index (χ0n) is 37.3. The first kappa shape index (κ1) is 38.8. The highest BCUT2D eigenvalue weighted by Crippen LogP contribution is 2.42. The number of nitrogens with zero attached hydrogens (tertiary/aromatic N) is 4. The molecule has 2 aliphatic rings. The summed E-state index contributed by atoms with van der Waals surface area (Å²) in [6.45, 7) is 9.88. The highest BCUT2D eigenvalue weighted by atomic mass is 28.3. The van der Waals surface area contributed by atoms with E-state index in [-0.39, 0.29) is 0 Å². The van der Waals surface area contributed by atoms with E-state index in [1.54, 1.807) is 0 Å². The second kappa shape index (κ2) is 14.4. The molecule has 0 N–H and O–H groups in total. The minimum atomic E-state index is -2.36. The largest absolute Gasteiger partial charge is 0.228 e. The average molecular weight is 877 g/mol. The lowest BCUT2D eigenvalue weighted by Crippen LogP contribution is -2.51. The molecule has 11 aromatic rings. The standard InChI is InChI=1S/C60H44N4Si2/c1-65(2)51-30-17-16-27-47(51)54-57(65)53(62-60(63-54)39-23-12-7-13-24-39)41-32-34-46-45-33-31-40(35-49(45)43-25-14-15-26-44(43)50(46)36-41)42-28-18-29-48-55-58(66(3,4)56(42)48)52(37-19-8-5-9-20-37)61-59(64-55)38-21-10-6-11-22-38/h5-36H,1-4H3. The van der Waals surface area contributed by atoms with Crippen LogP contribution in [-0.4, -0.2) is 36.1 Å². The van der Waals surface area contributed by atoms with E-state index in [9.17, 15) is 0 Å². The first-order chi connectivity index (χ1) is 32.3. The van der Waals surface area contributed by atoms with Gasteiger partial charge in [-0.2, -0.15) is 0 Å². The molecule has 0 saturated heterocycles. The molecule has 2 aromatic heterocycles. The summed E-state index contributed by atoms with van der Waals surface area (Å²) in [6, 6.07) is 70.4. The van der Waals surface area contributed by atoms with Gasteiger partial charge in [-0.05, 0) is 81.9 Å². The van der Waals surface area contributed by atoms with Gasteiger partial charge in [0.2, 0.25) is 0 Å². The first-order valence-corrected chi connectivity index (χ1v) is 28.9. The van der Waals surface area contributed by atoms with Crippen LogP contribution in [0.4, 0.5) is 0 Å². The maximum Gasteiger partial charge on any atom is 0.160 e. The van der Waals surface area contributed by atoms with Gasteiger partial charge in [-0.15, -0.1) is 0 Å². The lowest BCUT2D eigenvalue weighted by atomic mass is 9.90. The van der Waals surface area contributed by atoms with E-state index in [2.05, 4.69) is 214 Å². The second-order valence-electron chi connectivity index (χ2n) is 18.9. The van der Waals surface area contributed by atoms with Crippen molar-refractivity contribution in [2.45, 2.75) is 26.2 Å². The predicted octanol–water partition coefficient (Wildman–Crippen LogP) is 12.7. The Labute approximate surface area is 386 Å². The Morgan fingerprint density at radius 2 is 0.697 bits per heavy atom. The second-order valence-corrected chi connectivity index (χ2v) is 27.5. The van der Waals surface area contributed by atoms with Crippen LogP contribution in [0.2, 0.25) is 26.2 Å². The van der Waals surface area contributed by atoms with Gasteiger partial charge in [0.25, 0.3) is 0 Å². The molecule has 13 rings (SSSR count). The fourth-order valence-electron chi connectivity index (χ4n) is 11.4. The number of fused-ring (bicyclic) bond motifs is 12. The molecule has 312 valence electrons. The van der Waals surface area contributed by atoms with Crippen molar-refractivity contribution in [3.05, 3.63) is 194 Å². The minimum absolute atomic E-state index is 0.764. The van der Waals surface area contributed by atoms with Crippen molar-refractivity contribution in [3.63, 3.8) is 0 Å². The maximum absolute atomic E-state index is 5.47. The van der Waals surface area contributed by atoms with Crippen molar-refractivity contribution in [2.75, 3.05) is 0 Å². The maximum atomic E-state index is 5.47. The Hall–Kier alpha value is -7.65. The van der Waals surface area contributed by atoms with Crippen LogP contribution in [0.1, 0.15) is 0 Å². The predicted molar refractivity (Wildman–Crippen MR) is 282 cm³/mol. The molecule has 0 fully saturated rings. The van der Waals surface area contributed by atoms with Crippen molar-refractivity contribution < 1.29 is 0 Å². The Balaban J connectivity index is 0.997. The van der Waals surface area contributed by atoms with E-state index < -0.39 is 16.1 Å². The van der Waals surface area contributed by atoms with Gasteiger partial charge in [0.15, 0.2) is 11.6 Å². The van der Waals surface area contributed by atoms with E-state index in [1.807, 2.05) is 6.07 Å². The van der Waals surface area contributed by atoms with Crippen molar-refractivity contribution in [1.29, 1.82) is 0 Å². The van der Waals surface area contributed by atoms with Gasteiger partial charge in [0, 0.05) is 27.8 Å². The quantitative estimate of drug-likeness (QED) is 0.128. The molecule has 9 aromatic carbocycles. The number of hydrogen-bond acceptors (Lipinski definition) is 4. The molecule has 0 atom stereocenters. The minimum Gasteiger partial charge on any atom is -0.228 e. The van der Waals surface area contributed by atoms with E-state index >= 15 is 0 Å². The van der Waals surface area contributed by atoms with Gasteiger partial charge in [-0.25, -0.2) is 19.9 Å². The Kier molecular flexibility index (Phi) is 8.48. The van der Waals surface area contributed by atoms with Crippen LogP contribution in [0.15, 0.2) is 194 Å². The average Bonchev–Trinajstić information content (AvgIpc) is 3.76. The molecule has 4 nitrogen and oxygen atoms in total. The molecular weight excluding hydrogens is 833 g/mol. The fourth-order valence-corrected chi connectivity index (χ4v) is 18.2. The Morgan fingerprint density at radius 3 is 1.32 bits per heavy atom. The van der Waals surface area contributed by atoms with Crippen molar-refractivity contribution in [1.82, 2.24) is 19.9 Å². The SMILES string of the molecule is C[Si]1(C)c2ccccc2-c2nc(-c3ccccc3)nc(-c3ccc4c5ccc(-c6cccc7c6[Si](C)(C)c6c(-c8ccccc8)nc(-c8ccccc8)nc6-7)cc5c5ccccc5c4c3)c21. The topological polar surface area (TPSA) is 51.6 Å². The summed E-state index contributed by atoms with van der Waals surface area (Å²) in [4.78, 5) is 21.6. The summed E-state index contributed by atoms with van der Waals surface area (Å²) in [6.07, 6.45) is 0. The van der Waals surface area contributed by atoms with Crippen LogP contribution in [0.3, 0.4) is 0 Å². The van der Waals surface area contributed by atoms with E-state index in [0.717, 1.165) is 56.7 Å². The third kappa shape index (κ3) is 5.68. The summed E-state index contributed by atoms with van der Waals surface area (Å²) in [5.74, 6) is 1.53. The lowest BCUT2D eigenvalue weighted by molar-refractivity contribution is 1.20. The van der Waals surface area contributed by atoms with Crippen molar-refractivity contribution >= 4 is 69.2 Å². The van der Waals surface area contributed by atoms with Gasteiger partial charge in [0.05, 0.1) is 22.8 Å². The summed E-state index contributed by atoms with van der Waals surface area (Å²) >= 11 is 0. The molecule has 2 aliphatic heterocycles. The van der Waals surface area contributed by atoms with E-state index in [0.29, 0.717) is 0 Å². The van der Waals surface area contributed by atoms with Crippen LogP contribution in [0, 0.1) is 0 Å². The fraction of sp³-hybridized carbons (Fsp3) is 0.0667. The molecule has 0 radical (unpaired) electrons. The monoisotopic (exact) mass is 876 g/mol. The van der Waals surface area contributed by atoms with Gasteiger partial charge in [0.1, 0.15) is 16.1 Å². The van der Waals surface area contributed by atoms with Crippen LogP contribution in [-0.2, 0) is 0 Å². The molecule has 0 unspecified atom stereocenters. The number of rotatable bonds is 5. The van der Waals surface area contributed by atoms with Crippen molar-refractivity contribution in [3.8, 4) is 78.9 Å². The molecule has 0 aliphatic carbocycles. The summed E-state index contributed by atoms with van der Waals surface area (Å²) < 4.78 is 0. The zero-order chi connectivity index (χ0) is 44.3. The number of aromatic nitrogens is 4. The normalized spacial score (nSPS) is 14.0. The van der Waals surface area contributed by atoms with Crippen LogP contribution in [0.5, 0.6) is 0 Å². The van der Waals surface area contributed by atoms with Gasteiger partial charge >= 0.3 is 0 Å². The third-order valence-corrected chi connectivity index (χ3v) is 21.4. The highest BCUT2D eigenvalue weighted by Gasteiger charge is 2.44. The summed E-state index contributed by atoms with van der Waals surface area (Å²) in [7, 11) is -4.50. The Bertz CT molecular complexity index is 3790. The summed E-state index contributed by atoms with van der Waals surface area (Å²) in [5, 5.41) is 12.9. The molecule has 0 amide bonds. The Morgan fingerprint density at radius 1 is 0.273 bits per heavy atom. The molecule has 6 heteroatoms. The first-order valence-electron chi connectivity index (χ1n) is 22.9. The third-order valence-electron chi connectivity index (χ3n) is 14.4. The highest BCUT2D eigenvalue weighted by molar-refractivity contribution is 7.05. The molecule has 0 saturated carbocycles. The van der Waals surface area contributed by atoms with Crippen LogP contribution >= 0.6 is 0 Å². The lowest BCUT2D eigenvalue weighted by Gasteiger charge is -2.24. The molecule has 66 heavy (non-hydrogen) atoms. The van der Waals surface area contributed by atoms with E-state index in [4.69, 9.17) is 19.9 Å². The molecule has 4 heterocycles. The van der Waals surface area contributed by atoms with Crippen LogP contribution in [0.25, 0.3) is 111 Å². The number of hydrogen-bond donors (Lipinski definition) is 0. The number of benzene rings is 9. The van der Waals surface area contributed by atoms with E-state index in [1.165, 1.54) is 75.3 Å². The zero-order valence-corrected chi connectivity index (χ0v) is 39.3. The van der Waals surface area contributed by atoms with Crippen LogP contribution < -0.4 is 20.7 Å².